The van der Waals surface area contributed by atoms with Crippen LogP contribution in [-0.2, 0) is 11.3 Å². The fraction of sp³-hybridized carbons (Fsp3) is 0.458. The summed E-state index contributed by atoms with van der Waals surface area (Å²) >= 11 is 6.05. The topological polar surface area (TPSA) is 63.0 Å². The Kier molecular flexibility index (Phi) is 5.34. The molecule has 7 nitrogen and oxygen atoms in total. The molecule has 2 fully saturated rings. The lowest BCUT2D eigenvalue weighted by molar-refractivity contribution is -0.00557. The standard InChI is InChI=1S/C24H28ClN5O2/c1-24(2,3)32-23(31)30-17-8-9-18(30)14-28(13-17)15-20-22(19-10-7-16(25)12-26-19)27-21-6-4-5-11-29(20)21/h4-7,10-12,17-18H,8-9,13-15H2,1-3H3. The van der Waals surface area contributed by atoms with Gasteiger partial charge in [-0.2, -0.15) is 0 Å². The Bertz CT molecular complexity index is 1120. The molecule has 0 aromatic carbocycles. The predicted molar refractivity (Wildman–Crippen MR) is 124 cm³/mol. The Morgan fingerprint density at radius 2 is 1.91 bits per heavy atom. The van der Waals surface area contributed by atoms with Gasteiger partial charge >= 0.3 is 6.09 Å². The number of piperazine rings is 1. The Morgan fingerprint density at radius 1 is 1.16 bits per heavy atom. The smallest absolute Gasteiger partial charge is 0.410 e. The summed E-state index contributed by atoms with van der Waals surface area (Å²) in [5.74, 6) is 0. The lowest BCUT2D eigenvalue weighted by Crippen LogP contribution is -2.56. The molecule has 5 heterocycles. The van der Waals surface area contributed by atoms with Gasteiger partial charge in [0.15, 0.2) is 0 Å². The van der Waals surface area contributed by atoms with E-state index < -0.39 is 5.60 Å². The second kappa shape index (κ2) is 8.05. The quantitative estimate of drug-likeness (QED) is 0.578. The van der Waals surface area contributed by atoms with E-state index in [1.54, 1.807) is 6.20 Å². The summed E-state index contributed by atoms with van der Waals surface area (Å²) in [6.07, 6.45) is 5.54. The third-order valence-corrected chi connectivity index (χ3v) is 6.36. The van der Waals surface area contributed by atoms with Crippen LogP contribution in [0.2, 0.25) is 5.02 Å². The van der Waals surface area contributed by atoms with E-state index in [0.717, 1.165) is 55.2 Å². The number of nitrogens with zero attached hydrogens (tertiary/aromatic N) is 5. The number of halogens is 1. The number of carbonyl (C=O) groups excluding carboxylic acids is 1. The van der Waals surface area contributed by atoms with Gasteiger partial charge in [-0.3, -0.25) is 14.8 Å². The molecule has 2 aliphatic rings. The number of rotatable bonds is 3. The first kappa shape index (κ1) is 21.2. The molecule has 0 radical (unpaired) electrons. The number of imidazole rings is 1. The van der Waals surface area contributed by atoms with Gasteiger partial charge in [-0.15, -0.1) is 0 Å². The zero-order valence-corrected chi connectivity index (χ0v) is 19.4. The van der Waals surface area contributed by atoms with Gasteiger partial charge in [0.2, 0.25) is 0 Å². The van der Waals surface area contributed by atoms with Crippen LogP contribution in [0.25, 0.3) is 17.0 Å². The number of pyridine rings is 2. The Hall–Kier alpha value is -2.64. The highest BCUT2D eigenvalue weighted by Crippen LogP contribution is 2.33. The van der Waals surface area contributed by atoms with E-state index in [0.29, 0.717) is 5.02 Å². The van der Waals surface area contributed by atoms with Crippen molar-refractivity contribution in [3.05, 3.63) is 53.4 Å². The third-order valence-electron chi connectivity index (χ3n) is 6.13. The summed E-state index contributed by atoms with van der Waals surface area (Å²) in [6.45, 7) is 8.13. The number of carbonyl (C=O) groups is 1. The van der Waals surface area contributed by atoms with Crippen molar-refractivity contribution in [1.82, 2.24) is 24.2 Å². The highest BCUT2D eigenvalue weighted by molar-refractivity contribution is 6.30. The predicted octanol–water partition coefficient (Wildman–Crippen LogP) is 4.63. The summed E-state index contributed by atoms with van der Waals surface area (Å²) in [4.78, 5) is 26.6. The SMILES string of the molecule is CC(C)(C)OC(=O)N1C2CCC1CN(Cc1c(-c3ccc(Cl)cn3)nc3ccccn13)C2. The molecule has 2 unspecified atom stereocenters. The molecule has 32 heavy (non-hydrogen) atoms. The van der Waals surface area contributed by atoms with E-state index in [2.05, 4.69) is 14.3 Å². The molecule has 3 aromatic rings. The van der Waals surface area contributed by atoms with E-state index in [4.69, 9.17) is 21.3 Å². The molecular weight excluding hydrogens is 426 g/mol. The van der Waals surface area contributed by atoms with Gasteiger partial charge in [0, 0.05) is 44.1 Å². The van der Waals surface area contributed by atoms with Crippen LogP contribution in [0.3, 0.4) is 0 Å². The normalized spacial score (nSPS) is 21.3. The van der Waals surface area contributed by atoms with Crippen molar-refractivity contribution in [2.24, 2.45) is 0 Å². The van der Waals surface area contributed by atoms with Gasteiger partial charge in [-0.1, -0.05) is 17.7 Å². The molecule has 1 amide bonds. The molecule has 2 saturated heterocycles. The third kappa shape index (κ3) is 4.07. The summed E-state index contributed by atoms with van der Waals surface area (Å²) in [5.41, 5.74) is 3.19. The zero-order chi connectivity index (χ0) is 22.5. The summed E-state index contributed by atoms with van der Waals surface area (Å²) < 4.78 is 7.81. The first-order chi connectivity index (χ1) is 15.3. The fourth-order valence-electron chi connectivity index (χ4n) is 4.86. The highest BCUT2D eigenvalue weighted by Gasteiger charge is 2.44. The molecule has 168 valence electrons. The first-order valence-electron chi connectivity index (χ1n) is 11.1. The molecule has 5 rings (SSSR count). The molecule has 0 aliphatic carbocycles. The van der Waals surface area contributed by atoms with Crippen molar-refractivity contribution >= 4 is 23.3 Å². The second-order valence-corrected chi connectivity index (χ2v) is 10.1. The minimum atomic E-state index is -0.481. The number of hydrogen-bond donors (Lipinski definition) is 0. The van der Waals surface area contributed by atoms with Crippen LogP contribution in [0.4, 0.5) is 4.79 Å². The molecule has 0 saturated carbocycles. The van der Waals surface area contributed by atoms with Crippen LogP contribution in [0.5, 0.6) is 0 Å². The Labute approximate surface area is 193 Å². The van der Waals surface area contributed by atoms with Crippen LogP contribution in [0.1, 0.15) is 39.3 Å². The largest absolute Gasteiger partial charge is 0.444 e. The molecule has 3 aromatic heterocycles. The molecule has 2 bridgehead atoms. The maximum Gasteiger partial charge on any atom is 0.410 e. The average molecular weight is 454 g/mol. The molecular formula is C24H28ClN5O2. The van der Waals surface area contributed by atoms with E-state index >= 15 is 0 Å². The van der Waals surface area contributed by atoms with Crippen LogP contribution in [0.15, 0.2) is 42.7 Å². The number of fused-ring (bicyclic) bond motifs is 3. The maximum atomic E-state index is 12.8. The van der Waals surface area contributed by atoms with Crippen molar-refractivity contribution in [2.45, 2.75) is 57.8 Å². The van der Waals surface area contributed by atoms with Gasteiger partial charge < -0.3 is 9.14 Å². The van der Waals surface area contributed by atoms with Crippen molar-refractivity contribution in [1.29, 1.82) is 0 Å². The fourth-order valence-corrected chi connectivity index (χ4v) is 4.97. The van der Waals surface area contributed by atoms with Crippen LogP contribution < -0.4 is 0 Å². The van der Waals surface area contributed by atoms with Crippen molar-refractivity contribution in [3.63, 3.8) is 0 Å². The number of aromatic nitrogens is 3. The Balaban J connectivity index is 1.41. The number of hydrogen-bond acceptors (Lipinski definition) is 5. The van der Waals surface area contributed by atoms with E-state index in [9.17, 15) is 4.79 Å². The lowest BCUT2D eigenvalue weighted by atomic mass is 10.1. The van der Waals surface area contributed by atoms with Gasteiger partial charge in [-0.05, 0) is 57.9 Å². The number of likely N-dealkylation sites (tertiary alicyclic amines) is 1. The average Bonchev–Trinajstić information content (AvgIpc) is 3.22. The number of ether oxygens (including phenoxy) is 1. The highest BCUT2D eigenvalue weighted by atomic mass is 35.5. The molecule has 8 heteroatoms. The molecule has 2 aliphatic heterocycles. The van der Waals surface area contributed by atoms with Crippen LogP contribution >= 0.6 is 11.6 Å². The van der Waals surface area contributed by atoms with Gasteiger partial charge in [0.25, 0.3) is 0 Å². The maximum absolute atomic E-state index is 12.8. The monoisotopic (exact) mass is 453 g/mol. The lowest BCUT2D eigenvalue weighted by Gasteiger charge is -2.41. The van der Waals surface area contributed by atoms with E-state index in [1.807, 2.05) is 62.2 Å². The van der Waals surface area contributed by atoms with Crippen molar-refractivity contribution < 1.29 is 9.53 Å². The van der Waals surface area contributed by atoms with Crippen molar-refractivity contribution in [2.75, 3.05) is 13.1 Å². The van der Waals surface area contributed by atoms with E-state index in [-0.39, 0.29) is 18.2 Å². The van der Waals surface area contributed by atoms with Crippen molar-refractivity contribution in [3.8, 4) is 11.4 Å². The summed E-state index contributed by atoms with van der Waals surface area (Å²) in [7, 11) is 0. The Morgan fingerprint density at radius 3 is 2.56 bits per heavy atom. The van der Waals surface area contributed by atoms with Crippen LogP contribution in [0, 0.1) is 0 Å². The van der Waals surface area contributed by atoms with E-state index in [1.165, 1.54) is 0 Å². The number of amides is 1. The minimum absolute atomic E-state index is 0.180. The minimum Gasteiger partial charge on any atom is -0.444 e. The zero-order valence-electron chi connectivity index (χ0n) is 18.7. The van der Waals surface area contributed by atoms with Gasteiger partial charge in [-0.25, -0.2) is 9.78 Å². The molecule has 0 N–H and O–H groups in total. The molecule has 0 spiro atoms. The van der Waals surface area contributed by atoms with Gasteiger partial charge in [0.1, 0.15) is 16.9 Å². The summed E-state index contributed by atoms with van der Waals surface area (Å²) in [6, 6.07) is 10.1. The first-order valence-corrected chi connectivity index (χ1v) is 11.5. The summed E-state index contributed by atoms with van der Waals surface area (Å²) in [5, 5.41) is 0.605. The van der Waals surface area contributed by atoms with Crippen LogP contribution in [-0.4, -0.2) is 61.0 Å². The second-order valence-electron chi connectivity index (χ2n) is 9.66. The van der Waals surface area contributed by atoms with Gasteiger partial charge in [0.05, 0.1) is 16.4 Å². The molecule has 2 atom stereocenters.